The van der Waals surface area contributed by atoms with E-state index in [4.69, 9.17) is 0 Å². The Morgan fingerprint density at radius 2 is 2.12 bits per heavy atom. The van der Waals surface area contributed by atoms with Crippen LogP contribution in [0.25, 0.3) is 11.0 Å². The zero-order valence-electron chi connectivity index (χ0n) is 9.69. The lowest BCUT2D eigenvalue weighted by Gasteiger charge is -2.14. The van der Waals surface area contributed by atoms with Gasteiger partial charge in [-0.05, 0) is 26.0 Å². The predicted molar refractivity (Wildman–Crippen MR) is 63.2 cm³/mol. The molecular formula is C12H15N3O. The molecule has 0 radical (unpaired) electrons. The molecule has 0 spiro atoms. The quantitative estimate of drug-likeness (QED) is 0.831. The molecule has 2 aromatic rings. The van der Waals surface area contributed by atoms with Crippen molar-refractivity contribution in [2.45, 2.75) is 19.9 Å². The molecule has 4 heteroatoms. The van der Waals surface area contributed by atoms with Crippen LogP contribution in [-0.2, 0) is 4.79 Å². The molecule has 0 saturated heterocycles. The summed E-state index contributed by atoms with van der Waals surface area (Å²) in [5, 5.41) is 2.66. The summed E-state index contributed by atoms with van der Waals surface area (Å²) >= 11 is 0. The van der Waals surface area contributed by atoms with Gasteiger partial charge < -0.3 is 9.88 Å². The third-order valence-electron chi connectivity index (χ3n) is 2.79. The Labute approximate surface area is 94.3 Å². The van der Waals surface area contributed by atoms with Crippen molar-refractivity contribution in [3.8, 4) is 0 Å². The predicted octanol–water partition coefficient (Wildman–Crippen LogP) is 1.65. The summed E-state index contributed by atoms with van der Waals surface area (Å²) in [6.07, 6.45) is 0. The Hall–Kier alpha value is -1.84. The maximum atomic E-state index is 11.6. The minimum atomic E-state index is -0.239. The maximum Gasteiger partial charge on any atom is 0.242 e. The van der Waals surface area contributed by atoms with Crippen LogP contribution in [0.5, 0.6) is 0 Å². The lowest BCUT2D eigenvalue weighted by molar-refractivity contribution is -0.123. The molecule has 0 aliphatic carbocycles. The molecule has 1 amide bonds. The van der Waals surface area contributed by atoms with E-state index in [1.165, 1.54) is 0 Å². The van der Waals surface area contributed by atoms with Gasteiger partial charge in [-0.3, -0.25) is 4.79 Å². The van der Waals surface area contributed by atoms with Crippen molar-refractivity contribution in [3.63, 3.8) is 0 Å². The van der Waals surface area contributed by atoms with E-state index in [1.807, 2.05) is 42.7 Å². The van der Waals surface area contributed by atoms with Gasteiger partial charge >= 0.3 is 0 Å². The molecule has 1 atom stereocenters. The molecule has 1 aromatic carbocycles. The minimum Gasteiger partial charge on any atom is -0.357 e. The molecule has 16 heavy (non-hydrogen) atoms. The van der Waals surface area contributed by atoms with Gasteiger partial charge in [-0.25, -0.2) is 4.98 Å². The van der Waals surface area contributed by atoms with Gasteiger partial charge in [-0.1, -0.05) is 12.1 Å². The first kappa shape index (κ1) is 10.7. The van der Waals surface area contributed by atoms with Crippen molar-refractivity contribution in [1.29, 1.82) is 0 Å². The van der Waals surface area contributed by atoms with Gasteiger partial charge in [-0.15, -0.1) is 0 Å². The molecule has 0 aliphatic heterocycles. The average molecular weight is 217 g/mol. The number of carbonyl (C=O) groups is 1. The van der Waals surface area contributed by atoms with Crippen molar-refractivity contribution in [1.82, 2.24) is 14.9 Å². The Kier molecular flexibility index (Phi) is 2.64. The molecule has 2 rings (SSSR count). The Morgan fingerprint density at radius 3 is 2.81 bits per heavy atom. The van der Waals surface area contributed by atoms with E-state index < -0.39 is 0 Å². The number of rotatable bonds is 2. The molecule has 0 bridgehead atoms. The van der Waals surface area contributed by atoms with E-state index in [9.17, 15) is 4.79 Å². The van der Waals surface area contributed by atoms with Crippen molar-refractivity contribution < 1.29 is 4.79 Å². The van der Waals surface area contributed by atoms with Crippen molar-refractivity contribution in [2.24, 2.45) is 0 Å². The molecule has 1 heterocycles. The second-order valence-corrected chi connectivity index (χ2v) is 3.81. The maximum absolute atomic E-state index is 11.6. The number of para-hydroxylation sites is 2. The highest BCUT2D eigenvalue weighted by atomic mass is 16.2. The third kappa shape index (κ3) is 1.56. The van der Waals surface area contributed by atoms with Crippen LogP contribution in [0.3, 0.4) is 0 Å². The largest absolute Gasteiger partial charge is 0.357 e. The van der Waals surface area contributed by atoms with Gasteiger partial charge in [0.15, 0.2) is 0 Å². The summed E-state index contributed by atoms with van der Waals surface area (Å²) in [4.78, 5) is 16.1. The molecule has 1 aromatic heterocycles. The van der Waals surface area contributed by atoms with Crippen LogP contribution in [0.15, 0.2) is 24.3 Å². The number of benzene rings is 1. The van der Waals surface area contributed by atoms with E-state index in [1.54, 1.807) is 7.05 Å². The summed E-state index contributed by atoms with van der Waals surface area (Å²) < 4.78 is 1.95. The highest BCUT2D eigenvalue weighted by Crippen LogP contribution is 2.20. The van der Waals surface area contributed by atoms with Gasteiger partial charge in [0, 0.05) is 7.05 Å². The lowest BCUT2D eigenvalue weighted by Crippen LogP contribution is -2.28. The van der Waals surface area contributed by atoms with Gasteiger partial charge in [0.05, 0.1) is 11.0 Å². The molecule has 0 saturated carbocycles. The number of aryl methyl sites for hydroxylation is 1. The van der Waals surface area contributed by atoms with Crippen LogP contribution in [0.4, 0.5) is 0 Å². The molecule has 0 fully saturated rings. The van der Waals surface area contributed by atoms with Crippen molar-refractivity contribution in [3.05, 3.63) is 30.1 Å². The molecule has 0 aliphatic rings. The van der Waals surface area contributed by atoms with E-state index in [0.717, 1.165) is 16.9 Å². The zero-order valence-corrected chi connectivity index (χ0v) is 9.69. The summed E-state index contributed by atoms with van der Waals surface area (Å²) in [6, 6.07) is 7.60. The molecule has 84 valence electrons. The van der Waals surface area contributed by atoms with Crippen LogP contribution >= 0.6 is 0 Å². The number of hydrogen-bond acceptors (Lipinski definition) is 2. The summed E-state index contributed by atoms with van der Waals surface area (Å²) in [7, 11) is 1.65. The van der Waals surface area contributed by atoms with Crippen molar-refractivity contribution >= 4 is 16.9 Å². The second kappa shape index (κ2) is 3.96. The van der Waals surface area contributed by atoms with Gasteiger partial charge in [-0.2, -0.15) is 0 Å². The smallest absolute Gasteiger partial charge is 0.242 e. The van der Waals surface area contributed by atoms with Crippen LogP contribution in [0.2, 0.25) is 0 Å². The average Bonchev–Trinajstić information content (AvgIpc) is 2.63. The van der Waals surface area contributed by atoms with Gasteiger partial charge in [0.25, 0.3) is 0 Å². The standard InChI is InChI=1S/C12H15N3O/c1-8(12(16)13-3)15-9(2)14-10-6-4-5-7-11(10)15/h4-8H,1-3H3,(H,13,16). The van der Waals surface area contributed by atoms with E-state index in [2.05, 4.69) is 10.3 Å². The monoisotopic (exact) mass is 217 g/mol. The van der Waals surface area contributed by atoms with Crippen LogP contribution in [0.1, 0.15) is 18.8 Å². The first-order chi connectivity index (χ1) is 7.65. The van der Waals surface area contributed by atoms with E-state index >= 15 is 0 Å². The molecule has 4 nitrogen and oxygen atoms in total. The topological polar surface area (TPSA) is 46.9 Å². The number of nitrogens with one attached hydrogen (secondary N) is 1. The second-order valence-electron chi connectivity index (χ2n) is 3.81. The summed E-state index contributed by atoms with van der Waals surface area (Å²) in [5.74, 6) is 0.851. The number of amides is 1. The number of carbonyl (C=O) groups excluding carboxylic acids is 1. The Bertz CT molecular complexity index is 530. The van der Waals surface area contributed by atoms with Crippen LogP contribution in [0, 0.1) is 6.92 Å². The zero-order chi connectivity index (χ0) is 11.7. The SMILES string of the molecule is CNC(=O)C(C)n1c(C)nc2ccccc21. The molecular weight excluding hydrogens is 202 g/mol. The van der Waals surface area contributed by atoms with E-state index in [-0.39, 0.29) is 11.9 Å². The minimum absolute atomic E-state index is 0.00810. The molecule has 1 N–H and O–H groups in total. The first-order valence-electron chi connectivity index (χ1n) is 5.30. The van der Waals surface area contributed by atoms with Crippen molar-refractivity contribution in [2.75, 3.05) is 7.05 Å². The number of aromatic nitrogens is 2. The van der Waals surface area contributed by atoms with Gasteiger partial charge in [0.2, 0.25) is 5.91 Å². The molecule has 1 unspecified atom stereocenters. The fraction of sp³-hybridized carbons (Fsp3) is 0.333. The lowest BCUT2D eigenvalue weighted by atomic mass is 10.2. The number of likely N-dealkylation sites (N-methyl/N-ethyl adjacent to an activating group) is 1. The fourth-order valence-corrected chi connectivity index (χ4v) is 1.98. The normalized spacial score (nSPS) is 12.7. The number of nitrogens with zero attached hydrogens (tertiary/aromatic N) is 2. The summed E-state index contributed by atoms with van der Waals surface area (Å²) in [6.45, 7) is 3.79. The fourth-order valence-electron chi connectivity index (χ4n) is 1.98. The number of imidazole rings is 1. The summed E-state index contributed by atoms with van der Waals surface area (Å²) in [5.41, 5.74) is 1.92. The highest BCUT2D eigenvalue weighted by molar-refractivity contribution is 5.83. The Morgan fingerprint density at radius 1 is 1.44 bits per heavy atom. The third-order valence-corrected chi connectivity index (χ3v) is 2.79. The van der Waals surface area contributed by atoms with Gasteiger partial charge in [0.1, 0.15) is 11.9 Å². The Balaban J connectivity index is 2.59. The first-order valence-corrected chi connectivity index (χ1v) is 5.30. The number of hydrogen-bond donors (Lipinski definition) is 1. The highest BCUT2D eigenvalue weighted by Gasteiger charge is 2.18. The number of fused-ring (bicyclic) bond motifs is 1. The van der Waals surface area contributed by atoms with Crippen LogP contribution in [-0.4, -0.2) is 22.5 Å². The van der Waals surface area contributed by atoms with Crippen LogP contribution < -0.4 is 5.32 Å². The van der Waals surface area contributed by atoms with E-state index in [0.29, 0.717) is 0 Å².